The average Bonchev–Trinajstić information content (AvgIpc) is 2.17. The first-order valence-electron chi connectivity index (χ1n) is 5.24. The Bertz CT molecular complexity index is 176. The van der Waals surface area contributed by atoms with Gasteiger partial charge in [-0.25, -0.2) is 0 Å². The normalized spacial score (nSPS) is 10.3. The van der Waals surface area contributed by atoms with Crippen molar-refractivity contribution in [1.29, 1.82) is 0 Å². The summed E-state index contributed by atoms with van der Waals surface area (Å²) in [6.45, 7) is 14.0. The quantitative estimate of drug-likeness (QED) is 0.577. The van der Waals surface area contributed by atoms with Crippen LogP contribution in [-0.2, 0) is 4.79 Å². The second kappa shape index (κ2) is 7.56. The van der Waals surface area contributed by atoms with Crippen molar-refractivity contribution in [2.24, 2.45) is 0 Å². The van der Waals surface area contributed by atoms with Crippen LogP contribution in [-0.4, -0.2) is 48.4 Å². The average molecular weight is 198 g/mol. The third-order valence-corrected chi connectivity index (χ3v) is 2.38. The molecule has 14 heavy (non-hydrogen) atoms. The lowest BCUT2D eigenvalue weighted by atomic mass is 10.4. The van der Waals surface area contributed by atoms with Gasteiger partial charge < -0.3 is 9.80 Å². The van der Waals surface area contributed by atoms with E-state index < -0.39 is 0 Å². The Kier molecular flexibility index (Phi) is 7.11. The minimum absolute atomic E-state index is 0.122. The lowest BCUT2D eigenvalue weighted by Crippen LogP contribution is -2.37. The van der Waals surface area contributed by atoms with E-state index in [0.717, 1.165) is 26.2 Å². The Balaban J connectivity index is 3.91. The van der Waals surface area contributed by atoms with E-state index >= 15 is 0 Å². The van der Waals surface area contributed by atoms with Crippen LogP contribution in [0.25, 0.3) is 0 Å². The van der Waals surface area contributed by atoms with Crippen LogP contribution in [0.2, 0.25) is 0 Å². The molecule has 0 aromatic heterocycles. The molecule has 0 fully saturated rings. The fourth-order valence-electron chi connectivity index (χ4n) is 1.34. The van der Waals surface area contributed by atoms with Crippen LogP contribution < -0.4 is 0 Å². The molecule has 1 amide bonds. The third-order valence-electron chi connectivity index (χ3n) is 2.38. The minimum atomic E-state index is 0.122. The predicted molar refractivity (Wildman–Crippen MR) is 60.2 cm³/mol. The summed E-state index contributed by atoms with van der Waals surface area (Å²) >= 11 is 0. The molecule has 0 aliphatic carbocycles. The molecule has 0 aromatic rings. The van der Waals surface area contributed by atoms with E-state index in [1.807, 2.05) is 4.90 Å². The summed E-state index contributed by atoms with van der Waals surface area (Å²) in [5.41, 5.74) is 0. The van der Waals surface area contributed by atoms with Crippen LogP contribution in [0.3, 0.4) is 0 Å². The van der Waals surface area contributed by atoms with Crippen molar-refractivity contribution < 1.29 is 4.79 Å². The highest BCUT2D eigenvalue weighted by molar-refractivity contribution is 5.73. The molecule has 0 spiro atoms. The molecule has 0 aliphatic rings. The summed E-state index contributed by atoms with van der Waals surface area (Å²) in [6, 6.07) is 0. The fraction of sp³-hybridized carbons (Fsp3) is 0.727. The molecule has 0 bridgehead atoms. The standard InChI is InChI=1S/C11H22N2O/c1-5-8-13(11(4)14)10-9-12(6-2)7-3/h5H,1,6-10H2,2-4H3. The zero-order valence-electron chi connectivity index (χ0n) is 9.62. The molecule has 3 nitrogen and oxygen atoms in total. The molecular formula is C11H22N2O. The zero-order chi connectivity index (χ0) is 11.0. The van der Waals surface area contributed by atoms with Crippen LogP contribution in [0.1, 0.15) is 20.8 Å². The monoisotopic (exact) mass is 198 g/mol. The van der Waals surface area contributed by atoms with Crippen molar-refractivity contribution in [2.45, 2.75) is 20.8 Å². The van der Waals surface area contributed by atoms with Gasteiger partial charge >= 0.3 is 0 Å². The highest BCUT2D eigenvalue weighted by atomic mass is 16.2. The van der Waals surface area contributed by atoms with E-state index in [4.69, 9.17) is 0 Å². The van der Waals surface area contributed by atoms with E-state index in [-0.39, 0.29) is 5.91 Å². The van der Waals surface area contributed by atoms with E-state index in [1.165, 1.54) is 0 Å². The van der Waals surface area contributed by atoms with Crippen LogP contribution in [0.5, 0.6) is 0 Å². The van der Waals surface area contributed by atoms with E-state index in [1.54, 1.807) is 13.0 Å². The Morgan fingerprint density at radius 1 is 1.29 bits per heavy atom. The van der Waals surface area contributed by atoms with Gasteiger partial charge in [0.05, 0.1) is 0 Å². The van der Waals surface area contributed by atoms with Gasteiger partial charge in [-0.3, -0.25) is 4.79 Å². The van der Waals surface area contributed by atoms with Crippen molar-refractivity contribution in [3.8, 4) is 0 Å². The largest absolute Gasteiger partial charge is 0.338 e. The number of hydrogen-bond donors (Lipinski definition) is 0. The van der Waals surface area contributed by atoms with Crippen LogP contribution in [0, 0.1) is 0 Å². The molecule has 0 unspecified atom stereocenters. The number of carbonyl (C=O) groups excluding carboxylic acids is 1. The summed E-state index contributed by atoms with van der Waals surface area (Å²) in [5.74, 6) is 0.122. The van der Waals surface area contributed by atoms with E-state index in [9.17, 15) is 4.79 Å². The Hall–Kier alpha value is -0.830. The lowest BCUT2D eigenvalue weighted by Gasteiger charge is -2.24. The molecule has 0 N–H and O–H groups in total. The molecule has 0 aromatic carbocycles. The van der Waals surface area contributed by atoms with Gasteiger partial charge in [-0.1, -0.05) is 19.9 Å². The number of hydrogen-bond acceptors (Lipinski definition) is 2. The van der Waals surface area contributed by atoms with Crippen LogP contribution in [0.15, 0.2) is 12.7 Å². The van der Waals surface area contributed by atoms with Gasteiger partial charge in [0.2, 0.25) is 5.91 Å². The highest BCUT2D eigenvalue weighted by Gasteiger charge is 2.07. The maximum absolute atomic E-state index is 11.2. The smallest absolute Gasteiger partial charge is 0.219 e. The molecule has 0 aliphatic heterocycles. The van der Waals surface area contributed by atoms with Crippen molar-refractivity contribution in [3.05, 3.63) is 12.7 Å². The summed E-state index contributed by atoms with van der Waals surface area (Å²) in [6.07, 6.45) is 1.77. The van der Waals surface area contributed by atoms with E-state index in [2.05, 4.69) is 25.3 Å². The maximum atomic E-state index is 11.2. The minimum Gasteiger partial charge on any atom is -0.338 e. The number of rotatable bonds is 7. The number of nitrogens with zero attached hydrogens (tertiary/aromatic N) is 2. The summed E-state index contributed by atoms with van der Waals surface area (Å²) < 4.78 is 0. The Morgan fingerprint density at radius 3 is 2.21 bits per heavy atom. The summed E-state index contributed by atoms with van der Waals surface area (Å²) in [7, 11) is 0. The van der Waals surface area contributed by atoms with Crippen molar-refractivity contribution >= 4 is 5.91 Å². The molecule has 0 saturated heterocycles. The third kappa shape index (κ3) is 5.02. The van der Waals surface area contributed by atoms with E-state index in [0.29, 0.717) is 6.54 Å². The topological polar surface area (TPSA) is 23.6 Å². The van der Waals surface area contributed by atoms with Gasteiger partial charge in [0.25, 0.3) is 0 Å². The second-order valence-corrected chi connectivity index (χ2v) is 3.28. The number of carbonyl (C=O) groups is 1. The van der Waals surface area contributed by atoms with Gasteiger partial charge in [0, 0.05) is 26.6 Å². The van der Waals surface area contributed by atoms with Gasteiger partial charge in [0.15, 0.2) is 0 Å². The SMILES string of the molecule is C=CCN(CCN(CC)CC)C(C)=O. The van der Waals surface area contributed by atoms with Crippen molar-refractivity contribution in [2.75, 3.05) is 32.7 Å². The maximum Gasteiger partial charge on any atom is 0.219 e. The van der Waals surface area contributed by atoms with Crippen molar-refractivity contribution in [1.82, 2.24) is 9.80 Å². The van der Waals surface area contributed by atoms with Gasteiger partial charge in [-0.2, -0.15) is 0 Å². The fourth-order valence-corrected chi connectivity index (χ4v) is 1.34. The van der Waals surface area contributed by atoms with Gasteiger partial charge in [-0.15, -0.1) is 6.58 Å². The zero-order valence-corrected chi connectivity index (χ0v) is 9.62. The molecule has 3 heteroatoms. The number of amides is 1. The molecule has 82 valence electrons. The second-order valence-electron chi connectivity index (χ2n) is 3.28. The first kappa shape index (κ1) is 13.2. The summed E-state index contributed by atoms with van der Waals surface area (Å²) in [4.78, 5) is 15.3. The van der Waals surface area contributed by atoms with Crippen molar-refractivity contribution in [3.63, 3.8) is 0 Å². The van der Waals surface area contributed by atoms with Crippen LogP contribution in [0.4, 0.5) is 0 Å². The molecule has 0 radical (unpaired) electrons. The molecule has 0 heterocycles. The van der Waals surface area contributed by atoms with Crippen LogP contribution >= 0.6 is 0 Å². The molecule has 0 rings (SSSR count). The van der Waals surface area contributed by atoms with Gasteiger partial charge in [0.1, 0.15) is 0 Å². The predicted octanol–water partition coefficient (Wildman–Crippen LogP) is 1.36. The number of likely N-dealkylation sites (N-methyl/N-ethyl adjacent to an activating group) is 1. The lowest BCUT2D eigenvalue weighted by molar-refractivity contribution is -0.128. The first-order chi connectivity index (χ1) is 6.65. The molecule has 0 atom stereocenters. The molecule has 0 saturated carbocycles. The summed E-state index contributed by atoms with van der Waals surface area (Å²) in [5, 5.41) is 0. The first-order valence-corrected chi connectivity index (χ1v) is 5.24. The Labute approximate surface area is 87.4 Å². The Morgan fingerprint density at radius 2 is 1.86 bits per heavy atom. The molecular weight excluding hydrogens is 176 g/mol. The highest BCUT2D eigenvalue weighted by Crippen LogP contribution is 1.93. The van der Waals surface area contributed by atoms with Gasteiger partial charge in [-0.05, 0) is 13.1 Å².